The maximum atomic E-state index is 12.8. The van der Waals surface area contributed by atoms with E-state index in [4.69, 9.17) is 9.84 Å². The van der Waals surface area contributed by atoms with Crippen molar-refractivity contribution in [2.24, 2.45) is 0 Å². The number of benzene rings is 1. The molecule has 0 saturated carbocycles. The summed E-state index contributed by atoms with van der Waals surface area (Å²) in [5.41, 5.74) is -0.764. The predicted molar refractivity (Wildman–Crippen MR) is 70.4 cm³/mol. The molecule has 1 aliphatic rings. The van der Waals surface area contributed by atoms with Gasteiger partial charge in [-0.15, -0.1) is 0 Å². The van der Waals surface area contributed by atoms with Crippen molar-refractivity contribution in [3.8, 4) is 0 Å². The second kappa shape index (κ2) is 6.35. The zero-order chi connectivity index (χ0) is 16.3. The Bertz CT molecular complexity index is 573. The van der Waals surface area contributed by atoms with Crippen molar-refractivity contribution in [3.05, 3.63) is 29.8 Å². The highest BCUT2D eigenvalue weighted by Crippen LogP contribution is 2.33. The maximum Gasteiger partial charge on any atom is 0.416 e. The Balaban J connectivity index is 2.29. The third-order valence-corrected chi connectivity index (χ3v) is 3.31. The van der Waals surface area contributed by atoms with E-state index in [0.29, 0.717) is 0 Å². The summed E-state index contributed by atoms with van der Waals surface area (Å²) in [6, 6.07) is 3.82. The number of alkyl halides is 3. The molecule has 0 radical (unpaired) electrons. The highest BCUT2D eigenvalue weighted by Gasteiger charge is 2.34. The van der Waals surface area contributed by atoms with Crippen LogP contribution >= 0.6 is 0 Å². The Kier molecular flexibility index (Phi) is 4.70. The highest BCUT2D eigenvalue weighted by atomic mass is 19.4. The average molecular weight is 317 g/mol. The van der Waals surface area contributed by atoms with E-state index in [1.807, 2.05) is 0 Å². The molecule has 0 bridgehead atoms. The summed E-state index contributed by atoms with van der Waals surface area (Å²) < 4.78 is 43.4. The van der Waals surface area contributed by atoms with Gasteiger partial charge in [0.1, 0.15) is 6.61 Å². The van der Waals surface area contributed by atoms with Gasteiger partial charge in [-0.2, -0.15) is 13.2 Å². The molecule has 120 valence electrons. The molecule has 1 unspecified atom stereocenters. The number of anilines is 1. The molecular formula is C14H14F3NO4. The molecule has 1 saturated heterocycles. The van der Waals surface area contributed by atoms with Crippen LogP contribution in [0.1, 0.15) is 18.4 Å². The lowest BCUT2D eigenvalue weighted by molar-refractivity contribution is -0.138. The second-order valence-corrected chi connectivity index (χ2v) is 4.91. The lowest BCUT2D eigenvalue weighted by atomic mass is 10.1. The number of aliphatic carboxylic acids is 1. The van der Waals surface area contributed by atoms with Gasteiger partial charge >= 0.3 is 12.1 Å². The molecule has 1 atom stereocenters. The Hall–Kier alpha value is -2.09. The Morgan fingerprint density at radius 1 is 1.41 bits per heavy atom. The minimum atomic E-state index is -4.51. The van der Waals surface area contributed by atoms with Gasteiger partial charge in [0, 0.05) is 12.1 Å². The second-order valence-electron chi connectivity index (χ2n) is 4.91. The van der Waals surface area contributed by atoms with Crippen LogP contribution in [0.25, 0.3) is 0 Å². The Labute approximate surface area is 124 Å². The fraction of sp³-hybridized carbons (Fsp3) is 0.429. The van der Waals surface area contributed by atoms with E-state index in [1.165, 1.54) is 17.0 Å². The van der Waals surface area contributed by atoms with Crippen LogP contribution in [0, 0.1) is 0 Å². The molecule has 5 nitrogen and oxygen atoms in total. The van der Waals surface area contributed by atoms with Gasteiger partial charge in [-0.3, -0.25) is 9.59 Å². The number of halogens is 3. The quantitative estimate of drug-likeness (QED) is 0.925. The van der Waals surface area contributed by atoms with Crippen LogP contribution in [-0.2, 0) is 20.5 Å². The molecule has 1 fully saturated rings. The Morgan fingerprint density at radius 3 is 2.77 bits per heavy atom. The molecule has 0 aliphatic carbocycles. The first-order valence-electron chi connectivity index (χ1n) is 6.58. The van der Waals surface area contributed by atoms with Crippen molar-refractivity contribution in [2.75, 3.05) is 18.1 Å². The fourth-order valence-electron chi connectivity index (χ4n) is 2.32. The van der Waals surface area contributed by atoms with E-state index >= 15 is 0 Å². The minimum Gasteiger partial charge on any atom is -0.481 e. The smallest absolute Gasteiger partial charge is 0.416 e. The van der Waals surface area contributed by atoms with Gasteiger partial charge in [-0.1, -0.05) is 6.07 Å². The summed E-state index contributed by atoms with van der Waals surface area (Å²) in [6.45, 7) is -0.144. The van der Waals surface area contributed by atoms with Gasteiger partial charge in [0.25, 0.3) is 5.91 Å². The number of carbonyl (C=O) groups is 2. The molecule has 1 aromatic rings. The van der Waals surface area contributed by atoms with Crippen molar-refractivity contribution in [3.63, 3.8) is 0 Å². The largest absolute Gasteiger partial charge is 0.481 e. The van der Waals surface area contributed by atoms with Crippen molar-refractivity contribution >= 4 is 17.6 Å². The summed E-state index contributed by atoms with van der Waals surface area (Å²) in [6.07, 6.45) is -4.60. The van der Waals surface area contributed by atoms with E-state index in [2.05, 4.69) is 0 Å². The predicted octanol–water partition coefficient (Wildman–Crippen LogP) is 2.30. The lowest BCUT2D eigenvalue weighted by Gasteiger charge is -2.35. The molecule has 8 heteroatoms. The van der Waals surface area contributed by atoms with Crippen molar-refractivity contribution in [1.82, 2.24) is 0 Å². The molecule has 0 aromatic heterocycles. The number of hydrogen-bond acceptors (Lipinski definition) is 3. The van der Waals surface area contributed by atoms with E-state index in [1.54, 1.807) is 0 Å². The van der Waals surface area contributed by atoms with E-state index in [0.717, 1.165) is 12.1 Å². The first-order chi connectivity index (χ1) is 10.3. The summed E-state index contributed by atoms with van der Waals surface area (Å²) in [4.78, 5) is 23.8. The number of carboxylic acids is 1. The van der Waals surface area contributed by atoms with Crippen LogP contribution < -0.4 is 4.90 Å². The van der Waals surface area contributed by atoms with Crippen LogP contribution in [0.3, 0.4) is 0 Å². The SMILES string of the molecule is O=C(O)CCC1COCC(=O)N1c1cccc(C(F)(F)F)c1. The number of hydrogen-bond donors (Lipinski definition) is 1. The van der Waals surface area contributed by atoms with Gasteiger partial charge in [-0.25, -0.2) is 0 Å². The van der Waals surface area contributed by atoms with Gasteiger partial charge in [0.2, 0.25) is 0 Å². The zero-order valence-corrected chi connectivity index (χ0v) is 11.5. The average Bonchev–Trinajstić information content (AvgIpc) is 2.44. The van der Waals surface area contributed by atoms with Crippen LogP contribution in [0.15, 0.2) is 24.3 Å². The van der Waals surface area contributed by atoms with Gasteiger partial charge in [0.15, 0.2) is 0 Å². The van der Waals surface area contributed by atoms with Gasteiger partial charge in [0.05, 0.1) is 18.2 Å². The molecular weight excluding hydrogens is 303 g/mol. The molecule has 22 heavy (non-hydrogen) atoms. The molecule has 2 rings (SSSR count). The summed E-state index contributed by atoms with van der Waals surface area (Å²) in [7, 11) is 0. The first kappa shape index (κ1) is 16.3. The van der Waals surface area contributed by atoms with Crippen molar-refractivity contribution < 1.29 is 32.6 Å². The first-order valence-corrected chi connectivity index (χ1v) is 6.58. The third-order valence-electron chi connectivity index (χ3n) is 3.31. The molecule has 1 N–H and O–H groups in total. The van der Waals surface area contributed by atoms with Crippen molar-refractivity contribution in [2.45, 2.75) is 25.1 Å². The lowest BCUT2D eigenvalue weighted by Crippen LogP contribution is -2.50. The zero-order valence-electron chi connectivity index (χ0n) is 11.5. The molecule has 1 heterocycles. The fourth-order valence-corrected chi connectivity index (χ4v) is 2.32. The number of carbonyl (C=O) groups excluding carboxylic acids is 1. The highest BCUT2D eigenvalue weighted by molar-refractivity contribution is 5.95. The summed E-state index contributed by atoms with van der Waals surface area (Å²) in [5, 5.41) is 8.72. The summed E-state index contributed by atoms with van der Waals surface area (Å²) in [5.74, 6) is -1.53. The van der Waals surface area contributed by atoms with Crippen molar-refractivity contribution in [1.29, 1.82) is 0 Å². The van der Waals surface area contributed by atoms with E-state index in [9.17, 15) is 22.8 Å². The molecule has 0 spiro atoms. The standard InChI is InChI=1S/C14H14F3NO4/c15-14(16,17)9-2-1-3-10(6-9)18-11(4-5-13(20)21)7-22-8-12(18)19/h1-3,6,11H,4-5,7-8H2,(H,20,21). The van der Waals surface area contributed by atoms with Crippen LogP contribution in [0.5, 0.6) is 0 Å². The monoisotopic (exact) mass is 317 g/mol. The minimum absolute atomic E-state index is 0.0925. The maximum absolute atomic E-state index is 12.8. The number of carboxylic acid groups (broad SMARTS) is 1. The Morgan fingerprint density at radius 2 is 2.14 bits per heavy atom. The number of ether oxygens (including phenoxy) is 1. The van der Waals surface area contributed by atoms with Gasteiger partial charge < -0.3 is 14.7 Å². The number of amides is 1. The number of morpholine rings is 1. The number of rotatable bonds is 4. The van der Waals surface area contributed by atoms with E-state index < -0.39 is 29.7 Å². The number of nitrogens with zero attached hydrogens (tertiary/aromatic N) is 1. The molecule has 1 amide bonds. The van der Waals surface area contributed by atoms with Crippen LogP contribution in [0.4, 0.5) is 18.9 Å². The summed E-state index contributed by atoms with van der Waals surface area (Å²) >= 11 is 0. The van der Waals surface area contributed by atoms with Crippen LogP contribution in [0.2, 0.25) is 0 Å². The van der Waals surface area contributed by atoms with E-state index in [-0.39, 0.29) is 31.7 Å². The van der Waals surface area contributed by atoms with Gasteiger partial charge in [-0.05, 0) is 24.6 Å². The topological polar surface area (TPSA) is 66.8 Å². The molecule has 1 aromatic carbocycles. The third kappa shape index (κ3) is 3.76. The molecule has 1 aliphatic heterocycles. The van der Waals surface area contributed by atoms with Crippen LogP contribution in [-0.4, -0.2) is 36.2 Å². The normalized spacial score (nSPS) is 19.3.